The molecule has 0 saturated heterocycles. The number of anilines is 1. The number of nitrogens with one attached hydrogen (secondary N) is 2. The van der Waals surface area contributed by atoms with Gasteiger partial charge in [0.1, 0.15) is 5.75 Å². The van der Waals surface area contributed by atoms with Crippen molar-refractivity contribution in [3.05, 3.63) is 58.1 Å². The Kier molecular flexibility index (Phi) is 6.13. The molecule has 29 heavy (non-hydrogen) atoms. The number of carbonyl (C=O) groups excluding carboxylic acids is 1. The van der Waals surface area contributed by atoms with E-state index in [1.807, 2.05) is 24.3 Å². The summed E-state index contributed by atoms with van der Waals surface area (Å²) in [6.07, 6.45) is 0. The molecule has 0 saturated carbocycles. The Labute approximate surface area is 171 Å². The van der Waals surface area contributed by atoms with Crippen LogP contribution in [0.25, 0.3) is 11.4 Å². The van der Waals surface area contributed by atoms with Crippen molar-refractivity contribution in [2.75, 3.05) is 12.4 Å². The lowest BCUT2D eigenvalue weighted by atomic mass is 10.2. The highest BCUT2D eigenvalue weighted by atomic mass is 32.2. The highest BCUT2D eigenvalue weighted by Gasteiger charge is 2.19. The number of methoxy groups -OCH3 is 1. The Bertz CT molecular complexity index is 1040. The highest BCUT2D eigenvalue weighted by molar-refractivity contribution is 8.00. The number of hydrogen-bond acceptors (Lipinski definition) is 7. The third-order valence-corrected chi connectivity index (χ3v) is 5.11. The molecule has 1 heterocycles. The van der Waals surface area contributed by atoms with Gasteiger partial charge in [-0.15, -0.1) is 5.10 Å². The summed E-state index contributed by atoms with van der Waals surface area (Å²) in [6.45, 7) is 3.36. The SMILES string of the molecule is COc1ccc(-c2nc(S[C@@H](C)C(=O)Nc3ccc(C)c([N+](=O)[O-])c3)n[nH]2)cc1. The van der Waals surface area contributed by atoms with Gasteiger partial charge in [-0.05, 0) is 44.2 Å². The summed E-state index contributed by atoms with van der Waals surface area (Å²) in [5.41, 5.74) is 1.70. The first-order chi connectivity index (χ1) is 13.9. The normalized spacial score (nSPS) is 11.7. The zero-order valence-electron chi connectivity index (χ0n) is 16.0. The van der Waals surface area contributed by atoms with E-state index in [0.29, 0.717) is 22.2 Å². The van der Waals surface area contributed by atoms with Gasteiger partial charge < -0.3 is 10.1 Å². The van der Waals surface area contributed by atoms with Crippen molar-refractivity contribution in [2.45, 2.75) is 24.3 Å². The molecule has 2 N–H and O–H groups in total. The van der Waals surface area contributed by atoms with E-state index in [2.05, 4.69) is 20.5 Å². The molecule has 10 heteroatoms. The molecule has 0 aliphatic heterocycles. The summed E-state index contributed by atoms with van der Waals surface area (Å²) in [5.74, 6) is 1.02. The van der Waals surface area contributed by atoms with Gasteiger partial charge in [-0.1, -0.05) is 17.8 Å². The van der Waals surface area contributed by atoms with Crippen LogP contribution in [-0.2, 0) is 4.79 Å². The summed E-state index contributed by atoms with van der Waals surface area (Å²) >= 11 is 1.18. The van der Waals surface area contributed by atoms with Crippen molar-refractivity contribution in [2.24, 2.45) is 0 Å². The fourth-order valence-corrected chi connectivity index (χ4v) is 3.24. The number of thioether (sulfide) groups is 1. The molecule has 1 atom stereocenters. The number of carbonyl (C=O) groups is 1. The van der Waals surface area contributed by atoms with Gasteiger partial charge in [-0.2, -0.15) is 0 Å². The molecule has 2 aromatic carbocycles. The van der Waals surface area contributed by atoms with Crippen LogP contribution >= 0.6 is 11.8 Å². The Morgan fingerprint density at radius 1 is 1.28 bits per heavy atom. The summed E-state index contributed by atoms with van der Waals surface area (Å²) < 4.78 is 5.13. The van der Waals surface area contributed by atoms with Crippen molar-refractivity contribution >= 4 is 29.0 Å². The number of nitro benzene ring substituents is 1. The summed E-state index contributed by atoms with van der Waals surface area (Å²) in [6, 6.07) is 11.9. The number of hydrogen-bond donors (Lipinski definition) is 2. The molecule has 3 rings (SSSR count). The van der Waals surface area contributed by atoms with Gasteiger partial charge in [-0.3, -0.25) is 20.0 Å². The lowest BCUT2D eigenvalue weighted by Crippen LogP contribution is -2.22. The van der Waals surface area contributed by atoms with E-state index >= 15 is 0 Å². The van der Waals surface area contributed by atoms with Crippen LogP contribution in [0.15, 0.2) is 47.6 Å². The molecule has 1 aromatic heterocycles. The van der Waals surface area contributed by atoms with Crippen molar-refractivity contribution in [1.82, 2.24) is 15.2 Å². The number of benzene rings is 2. The minimum atomic E-state index is -0.505. The van der Waals surface area contributed by atoms with Crippen LogP contribution < -0.4 is 10.1 Å². The lowest BCUT2D eigenvalue weighted by Gasteiger charge is -2.10. The molecular formula is C19H19N5O4S. The van der Waals surface area contributed by atoms with Crippen LogP contribution in [0, 0.1) is 17.0 Å². The first-order valence-electron chi connectivity index (χ1n) is 8.66. The monoisotopic (exact) mass is 413 g/mol. The Hall–Kier alpha value is -3.40. The third kappa shape index (κ3) is 4.91. The zero-order chi connectivity index (χ0) is 21.0. The van der Waals surface area contributed by atoms with Crippen molar-refractivity contribution in [3.8, 4) is 17.1 Å². The van der Waals surface area contributed by atoms with E-state index in [4.69, 9.17) is 4.74 Å². The van der Waals surface area contributed by atoms with Gasteiger partial charge in [0.2, 0.25) is 11.1 Å². The largest absolute Gasteiger partial charge is 0.497 e. The molecule has 1 amide bonds. The van der Waals surface area contributed by atoms with Crippen LogP contribution in [0.2, 0.25) is 0 Å². The van der Waals surface area contributed by atoms with E-state index in [0.717, 1.165) is 11.3 Å². The van der Waals surface area contributed by atoms with E-state index in [-0.39, 0.29) is 11.6 Å². The number of H-pyrrole nitrogens is 1. The number of aryl methyl sites for hydroxylation is 1. The van der Waals surface area contributed by atoms with Crippen molar-refractivity contribution < 1.29 is 14.5 Å². The van der Waals surface area contributed by atoms with Gasteiger partial charge in [0, 0.05) is 22.9 Å². The van der Waals surface area contributed by atoms with E-state index in [9.17, 15) is 14.9 Å². The van der Waals surface area contributed by atoms with Gasteiger partial charge in [-0.25, -0.2) is 4.98 Å². The van der Waals surface area contributed by atoms with Gasteiger partial charge >= 0.3 is 0 Å². The highest BCUT2D eigenvalue weighted by Crippen LogP contribution is 2.26. The summed E-state index contributed by atoms with van der Waals surface area (Å²) in [4.78, 5) is 27.4. The molecule has 0 spiro atoms. The molecule has 150 valence electrons. The first kappa shape index (κ1) is 20.3. The maximum absolute atomic E-state index is 12.4. The minimum Gasteiger partial charge on any atom is -0.497 e. The molecule has 0 radical (unpaired) electrons. The number of aromatic amines is 1. The van der Waals surface area contributed by atoms with Crippen LogP contribution in [-0.4, -0.2) is 38.4 Å². The van der Waals surface area contributed by atoms with Crippen LogP contribution in [0.4, 0.5) is 11.4 Å². The molecule has 0 bridgehead atoms. The van der Waals surface area contributed by atoms with Gasteiger partial charge in [0.25, 0.3) is 5.69 Å². The zero-order valence-corrected chi connectivity index (χ0v) is 16.8. The average molecular weight is 413 g/mol. The number of ether oxygens (including phenoxy) is 1. The number of rotatable bonds is 7. The van der Waals surface area contributed by atoms with Gasteiger partial charge in [0.05, 0.1) is 17.3 Å². The smallest absolute Gasteiger partial charge is 0.274 e. The molecular weight excluding hydrogens is 394 g/mol. The summed E-state index contributed by atoms with van der Waals surface area (Å²) in [5, 5.41) is 20.7. The Morgan fingerprint density at radius 2 is 2.00 bits per heavy atom. The van der Waals surface area contributed by atoms with E-state index in [1.165, 1.54) is 17.8 Å². The second-order valence-corrected chi connectivity index (χ2v) is 7.51. The quantitative estimate of drug-likeness (QED) is 0.343. The molecule has 3 aromatic rings. The molecule has 0 aliphatic rings. The molecule has 9 nitrogen and oxygen atoms in total. The Balaban J connectivity index is 1.65. The molecule has 0 fully saturated rings. The third-order valence-electron chi connectivity index (χ3n) is 4.15. The number of nitrogens with zero attached hydrogens (tertiary/aromatic N) is 3. The second kappa shape index (κ2) is 8.74. The fourth-order valence-electron chi connectivity index (χ4n) is 2.52. The summed E-state index contributed by atoms with van der Waals surface area (Å²) in [7, 11) is 1.60. The standard InChI is InChI=1S/C19H19N5O4S/c1-11-4-7-14(10-16(11)24(26)27)20-18(25)12(2)29-19-21-17(22-23-19)13-5-8-15(28-3)9-6-13/h4-10,12H,1-3H3,(H,20,25)(H,21,22,23)/t12-/m0/s1. The topological polar surface area (TPSA) is 123 Å². The number of amides is 1. The van der Waals surface area contributed by atoms with Crippen LogP contribution in [0.1, 0.15) is 12.5 Å². The fraction of sp³-hybridized carbons (Fsp3) is 0.211. The Morgan fingerprint density at radius 3 is 2.66 bits per heavy atom. The predicted molar refractivity (Wildman–Crippen MR) is 110 cm³/mol. The molecule has 0 aliphatic carbocycles. The lowest BCUT2D eigenvalue weighted by molar-refractivity contribution is -0.385. The minimum absolute atomic E-state index is 0.0405. The van der Waals surface area contributed by atoms with Crippen molar-refractivity contribution in [3.63, 3.8) is 0 Å². The van der Waals surface area contributed by atoms with Gasteiger partial charge in [0.15, 0.2) is 5.82 Å². The van der Waals surface area contributed by atoms with E-state index in [1.54, 1.807) is 33.1 Å². The second-order valence-electron chi connectivity index (χ2n) is 6.20. The van der Waals surface area contributed by atoms with Crippen LogP contribution in [0.5, 0.6) is 5.75 Å². The maximum atomic E-state index is 12.4. The predicted octanol–water partition coefficient (Wildman–Crippen LogP) is 3.82. The maximum Gasteiger partial charge on any atom is 0.274 e. The number of aromatic nitrogens is 3. The average Bonchev–Trinajstić information content (AvgIpc) is 3.17. The van der Waals surface area contributed by atoms with Crippen molar-refractivity contribution in [1.29, 1.82) is 0 Å². The van der Waals surface area contributed by atoms with E-state index < -0.39 is 10.2 Å². The van der Waals surface area contributed by atoms with Crippen LogP contribution in [0.3, 0.4) is 0 Å². The number of nitro groups is 1. The molecule has 0 unspecified atom stereocenters. The first-order valence-corrected chi connectivity index (χ1v) is 9.54.